The zero-order chi connectivity index (χ0) is 13.7. The van der Waals surface area contributed by atoms with Crippen molar-refractivity contribution in [3.8, 4) is 0 Å². The molecule has 1 aromatic carbocycles. The molecule has 0 aromatic heterocycles. The number of nitrogen functional groups attached to an aromatic ring is 1. The summed E-state index contributed by atoms with van der Waals surface area (Å²) in [7, 11) is 0. The third kappa shape index (κ3) is 4.38. The molecular weight excluding hydrogens is 239 g/mol. The number of amides is 2. The average Bonchev–Trinajstić information content (AvgIpc) is 2.20. The van der Waals surface area contributed by atoms with Crippen LogP contribution in [0.3, 0.4) is 0 Å². The van der Waals surface area contributed by atoms with Crippen molar-refractivity contribution >= 4 is 17.5 Å². The van der Waals surface area contributed by atoms with Crippen LogP contribution in [0.15, 0.2) is 18.2 Å². The van der Waals surface area contributed by atoms with Gasteiger partial charge in [0.1, 0.15) is 5.82 Å². The van der Waals surface area contributed by atoms with E-state index in [1.807, 2.05) is 0 Å². The Bertz CT molecular complexity index is 448. The standard InChI is InChI=1S/C11H15FN4O2/c12-9-3-8(13)2-1-7(9)4-16(5-10(14)17)6-11(15)18/h1-3H,4-6,13H2,(H2,14,17)(H2,15,18). The molecule has 0 aliphatic carbocycles. The molecule has 0 heterocycles. The minimum Gasteiger partial charge on any atom is -0.399 e. The third-order valence-electron chi connectivity index (χ3n) is 2.23. The molecule has 6 N–H and O–H groups in total. The monoisotopic (exact) mass is 254 g/mol. The molecule has 0 radical (unpaired) electrons. The van der Waals surface area contributed by atoms with Gasteiger partial charge in [-0.2, -0.15) is 0 Å². The summed E-state index contributed by atoms with van der Waals surface area (Å²) in [6.07, 6.45) is 0. The molecule has 1 aromatic rings. The van der Waals surface area contributed by atoms with Gasteiger partial charge in [-0.1, -0.05) is 6.07 Å². The normalized spacial score (nSPS) is 10.6. The van der Waals surface area contributed by atoms with E-state index in [9.17, 15) is 14.0 Å². The number of hydrogen-bond acceptors (Lipinski definition) is 4. The fourth-order valence-electron chi connectivity index (χ4n) is 1.54. The lowest BCUT2D eigenvalue weighted by Gasteiger charge is -2.19. The molecule has 0 unspecified atom stereocenters. The summed E-state index contributed by atoms with van der Waals surface area (Å²) in [5.74, 6) is -1.74. The fraction of sp³-hybridized carbons (Fsp3) is 0.273. The van der Waals surface area contributed by atoms with Crippen molar-refractivity contribution in [1.29, 1.82) is 0 Å². The quantitative estimate of drug-likeness (QED) is 0.575. The van der Waals surface area contributed by atoms with Crippen molar-refractivity contribution in [2.24, 2.45) is 11.5 Å². The van der Waals surface area contributed by atoms with E-state index in [0.29, 0.717) is 11.3 Å². The molecule has 0 aliphatic heterocycles. The maximum atomic E-state index is 13.5. The van der Waals surface area contributed by atoms with Crippen LogP contribution in [0.4, 0.5) is 10.1 Å². The van der Waals surface area contributed by atoms with Gasteiger partial charge < -0.3 is 17.2 Å². The molecule has 0 aliphatic rings. The number of hydrogen-bond donors (Lipinski definition) is 3. The lowest BCUT2D eigenvalue weighted by atomic mass is 10.1. The molecule has 0 spiro atoms. The second-order valence-corrected chi connectivity index (χ2v) is 3.93. The number of halogens is 1. The van der Waals surface area contributed by atoms with Crippen LogP contribution >= 0.6 is 0 Å². The van der Waals surface area contributed by atoms with Crippen molar-refractivity contribution in [3.05, 3.63) is 29.6 Å². The number of nitrogens with two attached hydrogens (primary N) is 3. The van der Waals surface area contributed by atoms with E-state index in [0.717, 1.165) is 0 Å². The van der Waals surface area contributed by atoms with E-state index in [1.165, 1.54) is 23.1 Å². The Balaban J connectivity index is 2.81. The number of carbonyl (C=O) groups excluding carboxylic acids is 2. The second-order valence-electron chi connectivity index (χ2n) is 3.93. The van der Waals surface area contributed by atoms with Gasteiger partial charge in [-0.05, 0) is 12.1 Å². The first-order chi connectivity index (χ1) is 8.38. The highest BCUT2D eigenvalue weighted by Crippen LogP contribution is 2.13. The van der Waals surface area contributed by atoms with Crippen LogP contribution in [0, 0.1) is 5.82 Å². The predicted molar refractivity (Wildman–Crippen MR) is 64.5 cm³/mol. The van der Waals surface area contributed by atoms with E-state index >= 15 is 0 Å². The topological polar surface area (TPSA) is 115 Å². The maximum Gasteiger partial charge on any atom is 0.231 e. The Morgan fingerprint density at radius 3 is 2.17 bits per heavy atom. The molecule has 7 heteroatoms. The summed E-state index contributed by atoms with van der Waals surface area (Å²) in [5, 5.41) is 0. The van der Waals surface area contributed by atoms with Crippen LogP contribution in [-0.2, 0) is 16.1 Å². The summed E-state index contributed by atoms with van der Waals surface area (Å²) < 4.78 is 13.5. The molecule has 0 saturated carbocycles. The van der Waals surface area contributed by atoms with Crippen molar-refractivity contribution < 1.29 is 14.0 Å². The van der Waals surface area contributed by atoms with Gasteiger partial charge in [0, 0.05) is 17.8 Å². The van der Waals surface area contributed by atoms with Gasteiger partial charge in [-0.25, -0.2) is 4.39 Å². The first-order valence-electron chi connectivity index (χ1n) is 5.21. The second kappa shape index (κ2) is 5.97. The minimum absolute atomic E-state index is 0.0536. The smallest absolute Gasteiger partial charge is 0.231 e. The summed E-state index contributed by atoms with van der Waals surface area (Å²) in [6.45, 7) is -0.294. The van der Waals surface area contributed by atoms with E-state index in [2.05, 4.69) is 0 Å². The summed E-state index contributed by atoms with van der Waals surface area (Å²) in [4.78, 5) is 23.0. The highest BCUT2D eigenvalue weighted by atomic mass is 19.1. The molecule has 0 bridgehead atoms. The Morgan fingerprint density at radius 1 is 1.17 bits per heavy atom. The van der Waals surface area contributed by atoms with Crippen LogP contribution in [0.2, 0.25) is 0 Å². The Hall–Kier alpha value is -2.15. The van der Waals surface area contributed by atoms with Gasteiger partial charge in [0.25, 0.3) is 0 Å². The van der Waals surface area contributed by atoms with E-state index in [4.69, 9.17) is 17.2 Å². The molecule has 0 atom stereocenters. The first kappa shape index (κ1) is 13.9. The first-order valence-corrected chi connectivity index (χ1v) is 5.21. The molecule has 1 rings (SSSR count). The third-order valence-corrected chi connectivity index (χ3v) is 2.23. The van der Waals surface area contributed by atoms with Crippen molar-refractivity contribution in [2.75, 3.05) is 18.8 Å². The zero-order valence-corrected chi connectivity index (χ0v) is 9.73. The van der Waals surface area contributed by atoms with Gasteiger partial charge in [0.05, 0.1) is 13.1 Å². The zero-order valence-electron chi connectivity index (χ0n) is 9.73. The highest BCUT2D eigenvalue weighted by molar-refractivity contribution is 5.79. The van der Waals surface area contributed by atoms with Crippen LogP contribution in [0.1, 0.15) is 5.56 Å². The highest BCUT2D eigenvalue weighted by Gasteiger charge is 2.14. The largest absolute Gasteiger partial charge is 0.399 e. The number of nitrogens with zero attached hydrogens (tertiary/aromatic N) is 1. The molecular formula is C11H15FN4O2. The van der Waals surface area contributed by atoms with Crippen LogP contribution in [0.5, 0.6) is 0 Å². The molecule has 2 amide bonds. The predicted octanol–water partition coefficient (Wildman–Crippen LogP) is -0.819. The molecule has 0 saturated heterocycles. The fourth-order valence-corrected chi connectivity index (χ4v) is 1.54. The number of carbonyl (C=O) groups is 2. The molecule has 18 heavy (non-hydrogen) atoms. The average molecular weight is 254 g/mol. The van der Waals surface area contributed by atoms with Crippen LogP contribution < -0.4 is 17.2 Å². The van der Waals surface area contributed by atoms with Gasteiger partial charge >= 0.3 is 0 Å². The van der Waals surface area contributed by atoms with Crippen molar-refractivity contribution in [2.45, 2.75) is 6.54 Å². The Kier molecular flexibility index (Phi) is 4.61. The van der Waals surface area contributed by atoms with Gasteiger partial charge in [0.15, 0.2) is 0 Å². The van der Waals surface area contributed by atoms with Gasteiger partial charge in [0.2, 0.25) is 11.8 Å². The number of primary amides is 2. The lowest BCUT2D eigenvalue weighted by molar-refractivity contribution is -0.122. The Labute approximate surface area is 104 Å². The summed E-state index contributed by atoms with van der Waals surface area (Å²) in [6, 6.07) is 4.19. The van der Waals surface area contributed by atoms with Crippen molar-refractivity contribution in [1.82, 2.24) is 4.90 Å². The van der Waals surface area contributed by atoms with Crippen molar-refractivity contribution in [3.63, 3.8) is 0 Å². The molecule has 0 fully saturated rings. The van der Waals surface area contributed by atoms with E-state index in [1.54, 1.807) is 0 Å². The minimum atomic E-state index is -0.618. The van der Waals surface area contributed by atoms with Gasteiger partial charge in [-0.3, -0.25) is 14.5 Å². The maximum absolute atomic E-state index is 13.5. The van der Waals surface area contributed by atoms with Crippen LogP contribution in [-0.4, -0.2) is 29.8 Å². The summed E-state index contributed by atoms with van der Waals surface area (Å²) in [5.41, 5.74) is 16.1. The van der Waals surface area contributed by atoms with E-state index in [-0.39, 0.29) is 19.6 Å². The van der Waals surface area contributed by atoms with Gasteiger partial charge in [-0.15, -0.1) is 0 Å². The molecule has 98 valence electrons. The SMILES string of the molecule is NC(=O)CN(CC(N)=O)Cc1ccc(N)cc1F. The molecule has 6 nitrogen and oxygen atoms in total. The number of rotatable bonds is 6. The number of anilines is 1. The summed E-state index contributed by atoms with van der Waals surface area (Å²) >= 11 is 0. The van der Waals surface area contributed by atoms with Crippen LogP contribution in [0.25, 0.3) is 0 Å². The van der Waals surface area contributed by atoms with E-state index < -0.39 is 17.6 Å². The number of benzene rings is 1. The Morgan fingerprint density at radius 2 is 1.72 bits per heavy atom. The lowest BCUT2D eigenvalue weighted by Crippen LogP contribution is -2.39.